The predicted octanol–water partition coefficient (Wildman–Crippen LogP) is 3.31. The van der Waals surface area contributed by atoms with Gasteiger partial charge in [-0.25, -0.2) is 9.76 Å². The molecule has 1 aliphatic carbocycles. The van der Waals surface area contributed by atoms with Crippen molar-refractivity contribution in [1.29, 1.82) is 0 Å². The number of alkyl halides is 2. The SMILES string of the molecule is COc1ccc2c3c1O[C@@H]1CC(OP(=O)(NCCN)N(CCCl)CCCl)C=C[C@]31CCN(C)C2. The van der Waals surface area contributed by atoms with Crippen LogP contribution in [0.3, 0.4) is 0 Å². The molecule has 8 nitrogen and oxygen atoms in total. The lowest BCUT2D eigenvalue weighted by atomic mass is 9.69. The molecular weight excluding hydrogens is 498 g/mol. The Morgan fingerprint density at radius 2 is 2.12 bits per heavy atom. The van der Waals surface area contributed by atoms with Crippen molar-refractivity contribution in [2.75, 3.05) is 58.6 Å². The van der Waals surface area contributed by atoms with Crippen molar-refractivity contribution < 1.29 is 18.6 Å². The lowest BCUT2D eigenvalue weighted by molar-refractivity contribution is 0.0869. The molecule has 1 aromatic rings. The van der Waals surface area contributed by atoms with E-state index in [2.05, 4.69) is 29.2 Å². The van der Waals surface area contributed by atoms with Gasteiger partial charge in [0.25, 0.3) is 0 Å². The molecule has 0 amide bonds. The highest BCUT2D eigenvalue weighted by molar-refractivity contribution is 7.54. The van der Waals surface area contributed by atoms with Crippen LogP contribution in [0.1, 0.15) is 24.0 Å². The minimum atomic E-state index is -3.42. The molecule has 0 radical (unpaired) electrons. The van der Waals surface area contributed by atoms with Crippen LogP contribution in [-0.4, -0.2) is 80.4 Å². The van der Waals surface area contributed by atoms with Crippen molar-refractivity contribution in [3.8, 4) is 11.5 Å². The van der Waals surface area contributed by atoms with Gasteiger partial charge < -0.3 is 20.1 Å². The number of ether oxygens (including phenoxy) is 2. The molecule has 3 N–H and O–H groups in total. The Labute approximate surface area is 212 Å². The quantitative estimate of drug-likeness (QED) is 0.255. The second-order valence-corrected chi connectivity index (χ2v) is 11.9. The van der Waals surface area contributed by atoms with Crippen LogP contribution < -0.4 is 20.3 Å². The zero-order chi connectivity index (χ0) is 24.3. The fourth-order valence-electron chi connectivity index (χ4n) is 5.31. The van der Waals surface area contributed by atoms with Crippen LogP contribution in [0.5, 0.6) is 11.5 Å². The van der Waals surface area contributed by atoms with E-state index in [1.807, 2.05) is 12.1 Å². The highest BCUT2D eigenvalue weighted by Gasteiger charge is 2.53. The molecule has 0 saturated carbocycles. The third-order valence-electron chi connectivity index (χ3n) is 6.92. The van der Waals surface area contributed by atoms with Crippen molar-refractivity contribution in [1.82, 2.24) is 14.7 Å². The Kier molecular flexibility index (Phi) is 8.53. The number of nitrogens with zero attached hydrogens (tertiary/aromatic N) is 2. The van der Waals surface area contributed by atoms with Crippen LogP contribution in [0.25, 0.3) is 0 Å². The van der Waals surface area contributed by atoms with E-state index >= 15 is 0 Å². The minimum Gasteiger partial charge on any atom is -0.493 e. The Hall–Kier alpha value is -0.830. The molecule has 34 heavy (non-hydrogen) atoms. The lowest BCUT2D eigenvalue weighted by Crippen LogP contribution is -2.44. The number of rotatable bonds is 11. The zero-order valence-electron chi connectivity index (χ0n) is 19.8. The van der Waals surface area contributed by atoms with Crippen LogP contribution >= 0.6 is 30.9 Å². The summed E-state index contributed by atoms with van der Waals surface area (Å²) in [5, 5.41) is 3.03. The molecule has 0 fully saturated rings. The van der Waals surface area contributed by atoms with E-state index in [1.54, 1.807) is 11.8 Å². The molecule has 0 aromatic heterocycles. The summed E-state index contributed by atoms with van der Waals surface area (Å²) in [6.45, 7) is 3.29. The monoisotopic (exact) mass is 532 g/mol. The number of nitrogens with one attached hydrogen (secondary N) is 1. The molecular formula is C23H35Cl2N4O4P. The topological polar surface area (TPSA) is 89.3 Å². The number of hydrogen-bond acceptors (Lipinski definition) is 6. The first-order chi connectivity index (χ1) is 16.4. The van der Waals surface area contributed by atoms with Gasteiger partial charge in [0.15, 0.2) is 11.5 Å². The summed E-state index contributed by atoms with van der Waals surface area (Å²) in [5.74, 6) is 2.19. The van der Waals surface area contributed by atoms with E-state index in [-0.39, 0.29) is 11.5 Å². The molecule has 0 saturated heterocycles. The summed E-state index contributed by atoms with van der Waals surface area (Å²) in [4.78, 5) is 2.34. The van der Waals surface area contributed by atoms with E-state index < -0.39 is 13.8 Å². The summed E-state index contributed by atoms with van der Waals surface area (Å²) in [7, 11) is 0.390. The van der Waals surface area contributed by atoms with E-state index in [0.29, 0.717) is 44.4 Å². The molecule has 1 spiro atoms. The van der Waals surface area contributed by atoms with Gasteiger partial charge in [0.2, 0.25) is 0 Å². The number of halogens is 2. The molecule has 2 heterocycles. The predicted molar refractivity (Wildman–Crippen MR) is 136 cm³/mol. The number of hydrogen-bond donors (Lipinski definition) is 2. The van der Waals surface area contributed by atoms with E-state index in [0.717, 1.165) is 31.0 Å². The minimum absolute atomic E-state index is 0.142. The van der Waals surface area contributed by atoms with Crippen LogP contribution in [0.4, 0.5) is 0 Å². The molecule has 3 aliphatic rings. The standard InChI is InChI=1S/C23H35Cl2N4O4P/c1-28-12-7-23-6-5-18(33-34(30,27-11-10-26)29(13-8-24)14-9-25)15-20(23)32-22-19(31-2)4-3-17(16-28)21(22)23/h3-6,18,20H,7-16,26H2,1-2H3,(H,27,30)/t18?,20-,23-,34?/m1/s1. The smallest absolute Gasteiger partial charge is 0.344 e. The third-order valence-corrected chi connectivity index (χ3v) is 9.58. The van der Waals surface area contributed by atoms with E-state index in [4.69, 9.17) is 42.9 Å². The number of methoxy groups -OCH3 is 1. The summed E-state index contributed by atoms with van der Waals surface area (Å²) >= 11 is 12.0. The van der Waals surface area contributed by atoms with Crippen molar-refractivity contribution in [3.05, 3.63) is 35.4 Å². The maximum absolute atomic E-state index is 14.0. The van der Waals surface area contributed by atoms with Crippen LogP contribution in [0, 0.1) is 0 Å². The summed E-state index contributed by atoms with van der Waals surface area (Å²) in [6, 6.07) is 4.13. The average molecular weight is 533 g/mol. The first kappa shape index (κ1) is 26.2. The van der Waals surface area contributed by atoms with Gasteiger partial charge in [0.05, 0.1) is 18.6 Å². The lowest BCUT2D eigenvalue weighted by Gasteiger charge is -2.39. The zero-order valence-corrected chi connectivity index (χ0v) is 22.2. The molecule has 0 bridgehead atoms. The number of nitrogens with two attached hydrogens (primary N) is 1. The molecule has 190 valence electrons. The summed E-state index contributed by atoms with van der Waals surface area (Å²) in [6.07, 6.45) is 5.21. The highest BCUT2D eigenvalue weighted by Crippen LogP contribution is 2.57. The molecule has 2 aliphatic heterocycles. The van der Waals surface area contributed by atoms with E-state index in [1.165, 1.54) is 11.1 Å². The Morgan fingerprint density at radius 3 is 2.79 bits per heavy atom. The van der Waals surface area contributed by atoms with Crippen molar-refractivity contribution >= 4 is 30.9 Å². The van der Waals surface area contributed by atoms with Crippen LogP contribution in [0.15, 0.2) is 24.3 Å². The van der Waals surface area contributed by atoms with Gasteiger partial charge in [0.1, 0.15) is 6.10 Å². The summed E-state index contributed by atoms with van der Waals surface area (Å²) in [5.41, 5.74) is 7.90. The second-order valence-electron chi connectivity index (χ2n) is 9.05. The first-order valence-electron chi connectivity index (χ1n) is 11.8. The highest BCUT2D eigenvalue weighted by atomic mass is 35.5. The normalized spacial score (nSPS) is 27.6. The molecule has 4 rings (SSSR count). The molecule has 2 unspecified atom stereocenters. The Bertz CT molecular complexity index is 946. The van der Waals surface area contributed by atoms with E-state index in [9.17, 15) is 4.57 Å². The van der Waals surface area contributed by atoms with Gasteiger partial charge in [-0.05, 0) is 31.6 Å². The van der Waals surface area contributed by atoms with Gasteiger partial charge in [0, 0.05) is 56.5 Å². The third kappa shape index (κ3) is 4.89. The molecule has 1 aromatic carbocycles. The van der Waals surface area contributed by atoms with Crippen molar-refractivity contribution in [2.24, 2.45) is 5.73 Å². The fourth-order valence-corrected chi connectivity index (χ4v) is 8.02. The Balaban J connectivity index is 1.65. The van der Waals surface area contributed by atoms with Gasteiger partial charge in [-0.2, -0.15) is 0 Å². The van der Waals surface area contributed by atoms with Gasteiger partial charge >= 0.3 is 7.67 Å². The second kappa shape index (κ2) is 11.1. The van der Waals surface area contributed by atoms with Crippen LogP contribution in [0.2, 0.25) is 0 Å². The Morgan fingerprint density at radius 1 is 1.35 bits per heavy atom. The molecule has 11 heteroatoms. The fraction of sp³-hybridized carbons (Fsp3) is 0.652. The molecule has 4 atom stereocenters. The van der Waals surface area contributed by atoms with Gasteiger partial charge in [-0.3, -0.25) is 9.09 Å². The van der Waals surface area contributed by atoms with Gasteiger partial charge in [-0.1, -0.05) is 18.2 Å². The summed E-state index contributed by atoms with van der Waals surface area (Å²) < 4.78 is 34.2. The average Bonchev–Trinajstić information content (AvgIpc) is 3.08. The van der Waals surface area contributed by atoms with Crippen LogP contribution in [-0.2, 0) is 21.0 Å². The van der Waals surface area contributed by atoms with Gasteiger partial charge in [-0.15, -0.1) is 23.2 Å². The van der Waals surface area contributed by atoms with Crippen molar-refractivity contribution in [2.45, 2.75) is 37.0 Å². The maximum Gasteiger partial charge on any atom is 0.344 e. The van der Waals surface area contributed by atoms with Crippen molar-refractivity contribution in [3.63, 3.8) is 0 Å². The largest absolute Gasteiger partial charge is 0.493 e. The first-order valence-corrected chi connectivity index (χ1v) is 14.4. The number of benzene rings is 1. The maximum atomic E-state index is 14.0.